The average molecular weight is 448 g/mol. The average Bonchev–Trinajstić information content (AvgIpc) is 3.24. The van der Waals surface area contributed by atoms with E-state index in [1.807, 2.05) is 41.0 Å². The third-order valence-electron chi connectivity index (χ3n) is 5.19. The van der Waals surface area contributed by atoms with Crippen LogP contribution in [0, 0.1) is 6.92 Å². The van der Waals surface area contributed by atoms with Crippen LogP contribution in [0.4, 0.5) is 11.8 Å². The lowest BCUT2D eigenvalue weighted by Gasteiger charge is -2.27. The third-order valence-corrected chi connectivity index (χ3v) is 5.43. The van der Waals surface area contributed by atoms with Gasteiger partial charge in [-0.3, -0.25) is 9.99 Å². The van der Waals surface area contributed by atoms with Crippen molar-refractivity contribution in [1.29, 1.82) is 0 Å². The number of morpholine rings is 1. The zero-order valence-electron chi connectivity index (χ0n) is 17.6. The highest BCUT2D eigenvalue weighted by Gasteiger charge is 2.19. The van der Waals surface area contributed by atoms with Crippen molar-refractivity contribution in [3.8, 4) is 5.69 Å². The molecule has 1 fully saturated rings. The topological polar surface area (TPSA) is 80.5 Å². The number of rotatable bonds is 5. The lowest BCUT2D eigenvalue weighted by atomic mass is 10.2. The number of aryl methyl sites for hydroxylation is 1. The van der Waals surface area contributed by atoms with Gasteiger partial charge in [0, 0.05) is 18.1 Å². The van der Waals surface area contributed by atoms with Gasteiger partial charge in [0.25, 0.3) is 0 Å². The number of halogens is 1. The molecule has 2 aromatic heterocycles. The van der Waals surface area contributed by atoms with Gasteiger partial charge >= 0.3 is 0 Å². The number of imidazole rings is 1. The molecule has 0 amide bonds. The number of hydrogen-bond acceptors (Lipinski definition) is 7. The second-order valence-electron chi connectivity index (χ2n) is 7.52. The van der Waals surface area contributed by atoms with E-state index in [2.05, 4.69) is 39.5 Å². The zero-order valence-corrected chi connectivity index (χ0v) is 18.3. The van der Waals surface area contributed by atoms with Gasteiger partial charge in [0.05, 0.1) is 25.1 Å². The molecule has 4 aromatic rings. The Kier molecular flexibility index (Phi) is 5.70. The number of hydrogen-bond donors (Lipinski definition) is 1. The van der Waals surface area contributed by atoms with Crippen LogP contribution in [0.25, 0.3) is 16.9 Å². The van der Waals surface area contributed by atoms with Gasteiger partial charge in [-0.25, -0.2) is 4.98 Å². The van der Waals surface area contributed by atoms with Crippen LogP contribution in [-0.4, -0.2) is 52.0 Å². The highest BCUT2D eigenvalue weighted by molar-refractivity contribution is 6.30. The minimum atomic E-state index is 0.543. The van der Waals surface area contributed by atoms with Gasteiger partial charge in [0.1, 0.15) is 6.33 Å². The first-order valence-corrected chi connectivity index (χ1v) is 10.7. The minimum absolute atomic E-state index is 0.543. The molecule has 0 bridgehead atoms. The Labute approximate surface area is 190 Å². The Hall–Kier alpha value is -3.49. The Morgan fingerprint density at radius 2 is 1.94 bits per heavy atom. The van der Waals surface area contributed by atoms with Crippen molar-refractivity contribution >= 4 is 40.7 Å². The molecule has 3 heterocycles. The number of aromatic nitrogens is 4. The van der Waals surface area contributed by atoms with E-state index in [0.29, 0.717) is 41.2 Å². The molecule has 9 heteroatoms. The maximum atomic E-state index is 6.21. The molecule has 162 valence electrons. The van der Waals surface area contributed by atoms with Crippen LogP contribution < -0.4 is 10.3 Å². The Morgan fingerprint density at radius 3 is 2.75 bits per heavy atom. The quantitative estimate of drug-likeness (QED) is 0.367. The molecule has 0 aliphatic carbocycles. The predicted molar refractivity (Wildman–Crippen MR) is 127 cm³/mol. The normalized spacial score (nSPS) is 14.4. The summed E-state index contributed by atoms with van der Waals surface area (Å²) in [5.74, 6) is 1.15. The van der Waals surface area contributed by atoms with Crippen LogP contribution in [0.3, 0.4) is 0 Å². The van der Waals surface area contributed by atoms with E-state index < -0.39 is 0 Å². The van der Waals surface area contributed by atoms with Gasteiger partial charge in [0.2, 0.25) is 5.95 Å². The first-order chi connectivity index (χ1) is 15.7. The summed E-state index contributed by atoms with van der Waals surface area (Å²) in [6, 6.07) is 15.7. The number of anilines is 2. The molecule has 1 saturated heterocycles. The molecule has 5 rings (SSSR count). The molecule has 0 unspecified atom stereocenters. The summed E-state index contributed by atoms with van der Waals surface area (Å²) in [4.78, 5) is 16.2. The molecule has 1 aliphatic rings. The summed E-state index contributed by atoms with van der Waals surface area (Å²) in [5.41, 5.74) is 7.43. The van der Waals surface area contributed by atoms with Crippen molar-refractivity contribution in [3.05, 3.63) is 71.0 Å². The maximum absolute atomic E-state index is 6.21. The number of benzene rings is 2. The number of nitrogens with zero attached hydrogens (tertiary/aromatic N) is 6. The van der Waals surface area contributed by atoms with Crippen molar-refractivity contribution in [2.45, 2.75) is 6.92 Å². The molecular weight excluding hydrogens is 426 g/mol. The van der Waals surface area contributed by atoms with E-state index in [1.54, 1.807) is 12.5 Å². The predicted octanol–water partition coefficient (Wildman–Crippen LogP) is 4.06. The summed E-state index contributed by atoms with van der Waals surface area (Å²) < 4.78 is 7.39. The summed E-state index contributed by atoms with van der Waals surface area (Å²) in [6.07, 6.45) is 3.49. The second kappa shape index (κ2) is 8.94. The standard InChI is InChI=1S/C23H22ClN7O/c1-16-4-2-5-17(12-16)14-26-29-21-20-22(28-23(27-21)30-8-10-32-11-9-30)31(15-25-20)19-7-3-6-18(24)13-19/h2-7,12-15H,8-11H2,1H3,(H,27,28,29)/b26-14+. The van der Waals surface area contributed by atoms with Gasteiger partial charge < -0.3 is 9.64 Å². The van der Waals surface area contributed by atoms with E-state index in [-0.39, 0.29) is 0 Å². The van der Waals surface area contributed by atoms with E-state index in [4.69, 9.17) is 26.3 Å². The van der Waals surface area contributed by atoms with Crippen LogP contribution in [0.1, 0.15) is 11.1 Å². The fraction of sp³-hybridized carbons (Fsp3) is 0.217. The number of nitrogens with one attached hydrogen (secondary N) is 1. The lowest BCUT2D eigenvalue weighted by molar-refractivity contribution is 0.122. The first kappa shape index (κ1) is 20.4. The van der Waals surface area contributed by atoms with Crippen molar-refractivity contribution < 1.29 is 4.74 Å². The molecule has 1 aliphatic heterocycles. The summed E-state index contributed by atoms with van der Waals surface area (Å²) in [7, 11) is 0. The van der Waals surface area contributed by atoms with Crippen molar-refractivity contribution in [2.75, 3.05) is 36.6 Å². The molecular formula is C23H22ClN7O. The monoisotopic (exact) mass is 447 g/mol. The highest BCUT2D eigenvalue weighted by atomic mass is 35.5. The van der Waals surface area contributed by atoms with Crippen LogP contribution in [0.15, 0.2) is 60.0 Å². The molecule has 1 N–H and O–H groups in total. The van der Waals surface area contributed by atoms with Crippen LogP contribution >= 0.6 is 11.6 Å². The molecule has 32 heavy (non-hydrogen) atoms. The smallest absolute Gasteiger partial charge is 0.229 e. The molecule has 0 radical (unpaired) electrons. The van der Waals surface area contributed by atoms with Gasteiger partial charge in [0.15, 0.2) is 17.0 Å². The van der Waals surface area contributed by atoms with Crippen LogP contribution in [0.2, 0.25) is 5.02 Å². The summed E-state index contributed by atoms with van der Waals surface area (Å²) in [6.45, 7) is 4.79. The fourth-order valence-corrected chi connectivity index (χ4v) is 3.79. The molecule has 0 saturated carbocycles. The van der Waals surface area contributed by atoms with E-state index in [9.17, 15) is 0 Å². The zero-order chi connectivity index (χ0) is 21.9. The third kappa shape index (κ3) is 4.28. The van der Waals surface area contributed by atoms with Gasteiger partial charge in [-0.05, 0) is 30.7 Å². The Bertz CT molecular complexity index is 1280. The second-order valence-corrected chi connectivity index (χ2v) is 7.96. The molecule has 8 nitrogen and oxygen atoms in total. The van der Waals surface area contributed by atoms with Gasteiger partial charge in [-0.1, -0.05) is 47.5 Å². The van der Waals surface area contributed by atoms with Crippen LogP contribution in [0.5, 0.6) is 0 Å². The van der Waals surface area contributed by atoms with Crippen molar-refractivity contribution in [2.24, 2.45) is 5.10 Å². The van der Waals surface area contributed by atoms with Gasteiger partial charge in [-0.2, -0.15) is 15.1 Å². The van der Waals surface area contributed by atoms with E-state index >= 15 is 0 Å². The van der Waals surface area contributed by atoms with Crippen molar-refractivity contribution in [1.82, 2.24) is 19.5 Å². The molecule has 0 atom stereocenters. The summed E-state index contributed by atoms with van der Waals surface area (Å²) >= 11 is 6.21. The van der Waals surface area contributed by atoms with E-state index in [0.717, 1.165) is 24.3 Å². The fourth-order valence-electron chi connectivity index (χ4n) is 3.60. The largest absolute Gasteiger partial charge is 0.378 e. The van der Waals surface area contributed by atoms with Crippen molar-refractivity contribution in [3.63, 3.8) is 0 Å². The Morgan fingerprint density at radius 1 is 1.09 bits per heavy atom. The molecule has 0 spiro atoms. The minimum Gasteiger partial charge on any atom is -0.378 e. The number of ether oxygens (including phenoxy) is 1. The summed E-state index contributed by atoms with van der Waals surface area (Å²) in [5, 5.41) is 5.05. The first-order valence-electron chi connectivity index (χ1n) is 10.4. The highest BCUT2D eigenvalue weighted by Crippen LogP contribution is 2.26. The van der Waals surface area contributed by atoms with Crippen LogP contribution in [-0.2, 0) is 4.74 Å². The number of fused-ring (bicyclic) bond motifs is 1. The van der Waals surface area contributed by atoms with Gasteiger partial charge in [-0.15, -0.1) is 0 Å². The SMILES string of the molecule is Cc1cccc(/C=N/Nc2nc(N3CCOCC3)nc3c2ncn3-c2cccc(Cl)c2)c1. The van der Waals surface area contributed by atoms with E-state index in [1.165, 1.54) is 5.56 Å². The lowest BCUT2D eigenvalue weighted by Crippen LogP contribution is -2.37. The molecule has 2 aromatic carbocycles. The Balaban J connectivity index is 1.55. The number of hydrazone groups is 1. The maximum Gasteiger partial charge on any atom is 0.229 e.